The van der Waals surface area contributed by atoms with Crippen LogP contribution in [-0.2, 0) is 6.61 Å². The summed E-state index contributed by atoms with van der Waals surface area (Å²) in [5.41, 5.74) is 3.56. The summed E-state index contributed by atoms with van der Waals surface area (Å²) in [5.74, 6) is 6.38. The lowest BCUT2D eigenvalue weighted by Gasteiger charge is -2.08. The third-order valence-corrected chi connectivity index (χ3v) is 3.39. The molecule has 2 rings (SSSR count). The minimum atomic E-state index is 0.447. The van der Waals surface area contributed by atoms with Gasteiger partial charge in [-0.3, -0.25) is 0 Å². The third-order valence-electron chi connectivity index (χ3n) is 2.31. The van der Waals surface area contributed by atoms with Gasteiger partial charge in [-0.2, -0.15) is 4.98 Å². The Kier molecular flexibility index (Phi) is 5.00. The van der Waals surface area contributed by atoms with Crippen molar-refractivity contribution in [1.29, 1.82) is 0 Å². The highest BCUT2D eigenvalue weighted by Crippen LogP contribution is 2.19. The van der Waals surface area contributed by atoms with Crippen LogP contribution in [0.25, 0.3) is 0 Å². The summed E-state index contributed by atoms with van der Waals surface area (Å²) in [4.78, 5) is 8.42. The van der Waals surface area contributed by atoms with Gasteiger partial charge in [-0.1, -0.05) is 39.8 Å². The van der Waals surface area contributed by atoms with Crippen LogP contribution in [0.1, 0.15) is 5.56 Å². The lowest BCUT2D eigenvalue weighted by atomic mass is 10.2. The van der Waals surface area contributed by atoms with Crippen molar-refractivity contribution >= 4 is 33.5 Å². The molecule has 0 saturated heterocycles. The fourth-order valence-electron chi connectivity index (χ4n) is 1.38. The van der Waals surface area contributed by atoms with Crippen LogP contribution < -0.4 is 16.0 Å². The number of hydrogen-bond acceptors (Lipinski definition) is 6. The predicted octanol–water partition coefficient (Wildman–Crippen LogP) is 2.83. The number of nitrogens with two attached hydrogens (primary N) is 1. The Balaban J connectivity index is 2.08. The van der Waals surface area contributed by atoms with Gasteiger partial charge in [0.2, 0.25) is 5.88 Å². The molecule has 0 aliphatic heterocycles. The predicted molar refractivity (Wildman–Crippen MR) is 80.1 cm³/mol. The van der Waals surface area contributed by atoms with Crippen molar-refractivity contribution in [3.05, 3.63) is 40.4 Å². The molecule has 0 saturated carbocycles. The number of nitrogen functional groups attached to an aromatic ring is 1. The maximum absolute atomic E-state index is 5.64. The number of hydrazine groups is 1. The van der Waals surface area contributed by atoms with Gasteiger partial charge in [0.25, 0.3) is 0 Å². The van der Waals surface area contributed by atoms with Crippen LogP contribution in [0.4, 0.5) is 5.82 Å². The number of benzene rings is 1. The first-order chi connectivity index (χ1) is 9.21. The van der Waals surface area contributed by atoms with Crippen LogP contribution in [0.2, 0.25) is 0 Å². The number of ether oxygens (including phenoxy) is 1. The van der Waals surface area contributed by atoms with Crippen LogP contribution in [0, 0.1) is 0 Å². The van der Waals surface area contributed by atoms with Gasteiger partial charge in [-0.25, -0.2) is 10.8 Å². The standard InChI is InChI=1S/C12H13BrN4OS/c1-19-12-15-10(17-14)6-11(16-12)18-7-8-2-4-9(13)5-3-8/h2-6H,7,14H2,1H3,(H,15,16,17). The second-order valence-electron chi connectivity index (χ2n) is 3.64. The Bertz CT molecular complexity index is 528. The molecule has 0 aliphatic rings. The maximum atomic E-state index is 5.64. The van der Waals surface area contributed by atoms with Crippen LogP contribution in [0.3, 0.4) is 0 Å². The van der Waals surface area contributed by atoms with Crippen molar-refractivity contribution in [1.82, 2.24) is 9.97 Å². The molecule has 2 aromatic rings. The Morgan fingerprint density at radius 2 is 2.05 bits per heavy atom. The van der Waals surface area contributed by atoms with E-state index in [1.54, 1.807) is 6.07 Å². The summed E-state index contributed by atoms with van der Waals surface area (Å²) in [7, 11) is 0. The number of anilines is 1. The minimum Gasteiger partial charge on any atom is -0.473 e. The van der Waals surface area contributed by atoms with Gasteiger partial charge in [0.1, 0.15) is 12.4 Å². The summed E-state index contributed by atoms with van der Waals surface area (Å²) in [6.07, 6.45) is 1.90. The van der Waals surface area contributed by atoms with E-state index in [0.29, 0.717) is 23.5 Å². The fourth-order valence-corrected chi connectivity index (χ4v) is 2.02. The van der Waals surface area contributed by atoms with E-state index in [9.17, 15) is 0 Å². The molecule has 0 spiro atoms. The van der Waals surface area contributed by atoms with E-state index in [4.69, 9.17) is 10.6 Å². The highest BCUT2D eigenvalue weighted by Gasteiger charge is 2.04. The summed E-state index contributed by atoms with van der Waals surface area (Å²) >= 11 is 4.83. The van der Waals surface area contributed by atoms with Gasteiger partial charge in [0.05, 0.1) is 0 Å². The van der Waals surface area contributed by atoms with Gasteiger partial charge < -0.3 is 10.2 Å². The van der Waals surface area contributed by atoms with Crippen molar-refractivity contribution in [2.24, 2.45) is 5.84 Å². The Morgan fingerprint density at radius 1 is 1.32 bits per heavy atom. The molecule has 1 heterocycles. The first-order valence-corrected chi connectivity index (χ1v) is 7.50. The maximum Gasteiger partial charge on any atom is 0.219 e. The number of aromatic nitrogens is 2. The molecular weight excluding hydrogens is 328 g/mol. The molecule has 1 aromatic heterocycles. The van der Waals surface area contributed by atoms with E-state index in [1.807, 2.05) is 30.5 Å². The first kappa shape index (κ1) is 14.1. The van der Waals surface area contributed by atoms with Crippen molar-refractivity contribution in [2.75, 3.05) is 11.7 Å². The summed E-state index contributed by atoms with van der Waals surface area (Å²) < 4.78 is 6.68. The Hall–Kier alpha value is -1.31. The van der Waals surface area contributed by atoms with Crippen molar-refractivity contribution in [3.8, 4) is 5.88 Å². The first-order valence-electron chi connectivity index (χ1n) is 5.48. The summed E-state index contributed by atoms with van der Waals surface area (Å²) in [5, 5.41) is 0.612. The molecule has 0 amide bonds. The SMILES string of the molecule is CSc1nc(NN)cc(OCc2ccc(Br)cc2)n1. The number of thioether (sulfide) groups is 1. The molecule has 100 valence electrons. The van der Waals surface area contributed by atoms with Crippen molar-refractivity contribution in [2.45, 2.75) is 11.8 Å². The van der Waals surface area contributed by atoms with E-state index in [1.165, 1.54) is 11.8 Å². The molecule has 7 heteroatoms. The zero-order valence-corrected chi connectivity index (χ0v) is 12.7. The van der Waals surface area contributed by atoms with Gasteiger partial charge in [-0.15, -0.1) is 0 Å². The molecular formula is C12H13BrN4OS. The number of nitrogens with one attached hydrogen (secondary N) is 1. The number of hydrogen-bond donors (Lipinski definition) is 2. The lowest BCUT2D eigenvalue weighted by Crippen LogP contribution is -2.10. The lowest BCUT2D eigenvalue weighted by molar-refractivity contribution is 0.291. The Morgan fingerprint density at radius 3 is 2.68 bits per heavy atom. The smallest absolute Gasteiger partial charge is 0.219 e. The van der Waals surface area contributed by atoms with Crippen LogP contribution >= 0.6 is 27.7 Å². The molecule has 3 N–H and O–H groups in total. The van der Waals surface area contributed by atoms with Gasteiger partial charge >= 0.3 is 0 Å². The quantitative estimate of drug-likeness (QED) is 0.377. The van der Waals surface area contributed by atoms with E-state index >= 15 is 0 Å². The minimum absolute atomic E-state index is 0.447. The zero-order chi connectivity index (χ0) is 13.7. The largest absolute Gasteiger partial charge is 0.473 e. The van der Waals surface area contributed by atoms with E-state index in [2.05, 4.69) is 31.3 Å². The van der Waals surface area contributed by atoms with E-state index < -0.39 is 0 Å². The van der Waals surface area contributed by atoms with Crippen molar-refractivity contribution in [3.63, 3.8) is 0 Å². The molecule has 0 bridgehead atoms. The zero-order valence-electron chi connectivity index (χ0n) is 10.3. The second kappa shape index (κ2) is 6.74. The monoisotopic (exact) mass is 340 g/mol. The van der Waals surface area contributed by atoms with Gasteiger partial charge in [0, 0.05) is 10.5 Å². The molecule has 0 fully saturated rings. The number of nitrogens with zero attached hydrogens (tertiary/aromatic N) is 2. The van der Waals surface area contributed by atoms with Crippen molar-refractivity contribution < 1.29 is 4.74 Å². The van der Waals surface area contributed by atoms with Gasteiger partial charge in [-0.05, 0) is 24.0 Å². The summed E-state index contributed by atoms with van der Waals surface area (Å²) in [6, 6.07) is 9.59. The van der Waals surface area contributed by atoms with Gasteiger partial charge in [0.15, 0.2) is 5.16 Å². The van der Waals surface area contributed by atoms with Crippen LogP contribution in [0.15, 0.2) is 40.0 Å². The topological polar surface area (TPSA) is 73.1 Å². The normalized spacial score (nSPS) is 10.3. The van der Waals surface area contributed by atoms with Crippen LogP contribution in [-0.4, -0.2) is 16.2 Å². The average molecular weight is 341 g/mol. The molecule has 0 unspecified atom stereocenters. The molecule has 1 aromatic carbocycles. The Labute approximate surface area is 124 Å². The second-order valence-corrected chi connectivity index (χ2v) is 5.33. The third kappa shape index (κ3) is 4.09. The number of rotatable bonds is 5. The molecule has 5 nitrogen and oxygen atoms in total. The summed E-state index contributed by atoms with van der Waals surface area (Å²) in [6.45, 7) is 0.447. The highest BCUT2D eigenvalue weighted by molar-refractivity contribution is 9.10. The van der Waals surface area contributed by atoms with E-state index in [-0.39, 0.29) is 0 Å². The number of halogens is 1. The highest BCUT2D eigenvalue weighted by atomic mass is 79.9. The average Bonchev–Trinajstić information content (AvgIpc) is 2.46. The molecule has 19 heavy (non-hydrogen) atoms. The fraction of sp³-hybridized carbons (Fsp3) is 0.167. The molecule has 0 radical (unpaired) electrons. The van der Waals surface area contributed by atoms with Crippen LogP contribution in [0.5, 0.6) is 5.88 Å². The molecule has 0 atom stereocenters. The molecule has 0 aliphatic carbocycles. The van der Waals surface area contributed by atoms with E-state index in [0.717, 1.165) is 10.0 Å².